The predicted molar refractivity (Wildman–Crippen MR) is 69.8 cm³/mol. The maximum atomic E-state index is 11.4. The number of hydrogen-bond acceptors (Lipinski definition) is 5. The molecule has 0 aromatic heterocycles. The van der Waals surface area contributed by atoms with Crippen molar-refractivity contribution in [3.63, 3.8) is 0 Å². The Morgan fingerprint density at radius 2 is 2.11 bits per heavy atom. The van der Waals surface area contributed by atoms with Crippen LogP contribution in [0.15, 0.2) is 24.3 Å². The standard InChI is InChI=1S/C12H17NO4S/c1-2-18(15,16)7-6-17-12(14)9-10-4-3-5-11(13)8-10/h3-5,8H,2,6-7,9,13H2,1H3. The Hall–Kier alpha value is -1.56. The summed E-state index contributed by atoms with van der Waals surface area (Å²) in [4.78, 5) is 11.4. The molecule has 100 valence electrons. The molecule has 1 aromatic carbocycles. The van der Waals surface area contributed by atoms with Crippen molar-refractivity contribution in [3.8, 4) is 0 Å². The summed E-state index contributed by atoms with van der Waals surface area (Å²) in [5.41, 5.74) is 6.90. The van der Waals surface area contributed by atoms with Gasteiger partial charge in [0.15, 0.2) is 9.84 Å². The fourth-order valence-electron chi connectivity index (χ4n) is 1.35. The molecule has 0 amide bonds. The van der Waals surface area contributed by atoms with Gasteiger partial charge in [-0.3, -0.25) is 4.79 Å². The first-order valence-electron chi connectivity index (χ1n) is 5.63. The molecule has 0 atom stereocenters. The number of rotatable bonds is 6. The molecule has 0 bridgehead atoms. The molecule has 0 aliphatic rings. The van der Waals surface area contributed by atoms with Crippen molar-refractivity contribution < 1.29 is 17.9 Å². The second kappa shape index (κ2) is 6.39. The van der Waals surface area contributed by atoms with E-state index in [0.29, 0.717) is 5.69 Å². The van der Waals surface area contributed by atoms with Gasteiger partial charge in [-0.15, -0.1) is 0 Å². The number of carbonyl (C=O) groups is 1. The fourth-order valence-corrected chi connectivity index (χ4v) is 1.97. The molecule has 0 saturated heterocycles. The molecule has 2 N–H and O–H groups in total. The number of ether oxygens (including phenoxy) is 1. The summed E-state index contributed by atoms with van der Waals surface area (Å²) < 4.78 is 27.2. The normalized spacial score (nSPS) is 11.2. The van der Waals surface area contributed by atoms with Crippen molar-refractivity contribution >= 4 is 21.5 Å². The molecule has 6 heteroatoms. The molecular weight excluding hydrogens is 254 g/mol. The van der Waals surface area contributed by atoms with Crippen molar-refractivity contribution in [2.75, 3.05) is 23.8 Å². The average molecular weight is 271 g/mol. The van der Waals surface area contributed by atoms with Crippen molar-refractivity contribution in [2.45, 2.75) is 13.3 Å². The Labute approximate surface area is 107 Å². The van der Waals surface area contributed by atoms with Crippen molar-refractivity contribution in [1.29, 1.82) is 0 Å². The summed E-state index contributed by atoms with van der Waals surface area (Å²) in [5, 5.41) is 0. The number of benzene rings is 1. The lowest BCUT2D eigenvalue weighted by Crippen LogP contribution is -2.17. The monoisotopic (exact) mass is 271 g/mol. The van der Waals surface area contributed by atoms with E-state index in [1.54, 1.807) is 31.2 Å². The lowest BCUT2D eigenvalue weighted by molar-refractivity contribution is -0.142. The van der Waals surface area contributed by atoms with E-state index in [0.717, 1.165) is 5.56 Å². The SMILES string of the molecule is CCS(=O)(=O)CCOC(=O)Cc1cccc(N)c1. The predicted octanol–water partition coefficient (Wildman–Crippen LogP) is 0.789. The van der Waals surface area contributed by atoms with Gasteiger partial charge in [0.05, 0.1) is 12.2 Å². The van der Waals surface area contributed by atoms with E-state index in [4.69, 9.17) is 10.5 Å². The topological polar surface area (TPSA) is 86.5 Å². The first kappa shape index (κ1) is 14.5. The quantitative estimate of drug-likeness (QED) is 0.610. The second-order valence-electron chi connectivity index (χ2n) is 3.88. The van der Waals surface area contributed by atoms with Crippen LogP contribution in [0.1, 0.15) is 12.5 Å². The molecule has 5 nitrogen and oxygen atoms in total. The molecule has 0 saturated carbocycles. The summed E-state index contributed by atoms with van der Waals surface area (Å²) in [6, 6.07) is 6.92. The summed E-state index contributed by atoms with van der Waals surface area (Å²) in [7, 11) is -3.09. The zero-order valence-corrected chi connectivity index (χ0v) is 11.1. The van der Waals surface area contributed by atoms with Gasteiger partial charge >= 0.3 is 5.97 Å². The van der Waals surface area contributed by atoms with Crippen LogP contribution in [0.5, 0.6) is 0 Å². The maximum Gasteiger partial charge on any atom is 0.310 e. The summed E-state index contributed by atoms with van der Waals surface area (Å²) in [6.07, 6.45) is 0.0945. The van der Waals surface area contributed by atoms with Gasteiger partial charge in [0.2, 0.25) is 0 Å². The van der Waals surface area contributed by atoms with Crippen molar-refractivity contribution in [2.24, 2.45) is 0 Å². The van der Waals surface area contributed by atoms with E-state index in [-0.39, 0.29) is 24.5 Å². The Balaban J connectivity index is 2.39. The van der Waals surface area contributed by atoms with E-state index in [1.165, 1.54) is 0 Å². The van der Waals surface area contributed by atoms with Crippen LogP contribution in [0.2, 0.25) is 0 Å². The minimum Gasteiger partial charge on any atom is -0.464 e. The number of carbonyl (C=O) groups excluding carboxylic acids is 1. The first-order chi connectivity index (χ1) is 8.43. The number of anilines is 1. The highest BCUT2D eigenvalue weighted by Gasteiger charge is 2.10. The second-order valence-corrected chi connectivity index (χ2v) is 6.35. The molecule has 0 aliphatic carbocycles. The lowest BCUT2D eigenvalue weighted by atomic mass is 10.1. The molecule has 0 unspecified atom stereocenters. The van der Waals surface area contributed by atoms with Gasteiger partial charge in [-0.25, -0.2) is 8.42 Å². The number of nitrogens with two attached hydrogens (primary N) is 1. The van der Waals surface area contributed by atoms with Gasteiger partial charge in [0.25, 0.3) is 0 Å². The van der Waals surface area contributed by atoms with E-state index >= 15 is 0 Å². The molecule has 0 heterocycles. The minimum atomic E-state index is -3.09. The number of hydrogen-bond donors (Lipinski definition) is 1. The molecular formula is C12H17NO4S. The third-order valence-corrected chi connectivity index (χ3v) is 4.07. The highest BCUT2D eigenvalue weighted by atomic mass is 32.2. The van der Waals surface area contributed by atoms with E-state index < -0.39 is 15.8 Å². The minimum absolute atomic E-state index is 0.0553. The van der Waals surface area contributed by atoms with Crippen LogP contribution in [0.4, 0.5) is 5.69 Å². The van der Waals surface area contributed by atoms with Crippen LogP contribution in [0, 0.1) is 0 Å². The average Bonchev–Trinajstić information content (AvgIpc) is 2.28. The Bertz CT molecular complexity index is 511. The van der Waals surface area contributed by atoms with Gasteiger partial charge in [0, 0.05) is 11.4 Å². The summed E-state index contributed by atoms with van der Waals surface area (Å²) in [5.74, 6) is -0.529. The van der Waals surface area contributed by atoms with Gasteiger partial charge in [-0.2, -0.15) is 0 Å². The molecule has 1 rings (SSSR count). The van der Waals surface area contributed by atoms with E-state index in [1.807, 2.05) is 0 Å². The molecule has 0 spiro atoms. The highest BCUT2D eigenvalue weighted by Crippen LogP contribution is 2.07. The Morgan fingerprint density at radius 3 is 2.72 bits per heavy atom. The van der Waals surface area contributed by atoms with E-state index in [9.17, 15) is 13.2 Å². The number of sulfone groups is 1. The van der Waals surface area contributed by atoms with Gasteiger partial charge in [0.1, 0.15) is 6.61 Å². The lowest BCUT2D eigenvalue weighted by Gasteiger charge is -2.05. The summed E-state index contributed by atoms with van der Waals surface area (Å²) >= 11 is 0. The third-order valence-electron chi connectivity index (χ3n) is 2.40. The van der Waals surface area contributed by atoms with Crippen LogP contribution in [-0.2, 0) is 25.8 Å². The Kier molecular flexibility index (Phi) is 5.15. The van der Waals surface area contributed by atoms with Crippen LogP contribution in [0.25, 0.3) is 0 Å². The molecule has 18 heavy (non-hydrogen) atoms. The maximum absolute atomic E-state index is 11.4. The van der Waals surface area contributed by atoms with Gasteiger partial charge in [-0.05, 0) is 17.7 Å². The molecule has 0 fully saturated rings. The van der Waals surface area contributed by atoms with Crippen LogP contribution >= 0.6 is 0 Å². The summed E-state index contributed by atoms with van der Waals surface area (Å²) in [6.45, 7) is 1.46. The zero-order chi connectivity index (χ0) is 13.6. The molecule has 0 aliphatic heterocycles. The Morgan fingerprint density at radius 1 is 1.39 bits per heavy atom. The smallest absolute Gasteiger partial charge is 0.310 e. The first-order valence-corrected chi connectivity index (χ1v) is 7.45. The third kappa shape index (κ3) is 5.18. The van der Waals surface area contributed by atoms with Crippen molar-refractivity contribution in [1.82, 2.24) is 0 Å². The van der Waals surface area contributed by atoms with E-state index in [2.05, 4.69) is 0 Å². The number of nitrogen functional groups attached to an aromatic ring is 1. The fraction of sp³-hybridized carbons (Fsp3) is 0.417. The van der Waals surface area contributed by atoms with Crippen LogP contribution in [0.3, 0.4) is 0 Å². The number of esters is 1. The van der Waals surface area contributed by atoms with Crippen molar-refractivity contribution in [3.05, 3.63) is 29.8 Å². The molecule has 0 radical (unpaired) electrons. The molecule has 1 aromatic rings. The van der Waals surface area contributed by atoms with Gasteiger partial charge < -0.3 is 10.5 Å². The zero-order valence-electron chi connectivity index (χ0n) is 10.3. The highest BCUT2D eigenvalue weighted by molar-refractivity contribution is 7.91. The van der Waals surface area contributed by atoms with Crippen LogP contribution in [-0.4, -0.2) is 32.5 Å². The van der Waals surface area contributed by atoms with Crippen LogP contribution < -0.4 is 5.73 Å². The largest absolute Gasteiger partial charge is 0.464 e. The van der Waals surface area contributed by atoms with Gasteiger partial charge in [-0.1, -0.05) is 19.1 Å².